The molecule has 9 heteroatoms. The number of rotatable bonds is 6. The first-order valence-electron chi connectivity index (χ1n) is 9.63. The summed E-state index contributed by atoms with van der Waals surface area (Å²) in [6.07, 6.45) is 4.22. The van der Waals surface area contributed by atoms with E-state index in [-0.39, 0.29) is 34.2 Å². The van der Waals surface area contributed by atoms with Crippen LogP contribution in [0.15, 0.2) is 29.1 Å². The van der Waals surface area contributed by atoms with Gasteiger partial charge in [-0.3, -0.25) is 24.3 Å². The highest BCUT2D eigenvalue weighted by molar-refractivity contribution is 6.01. The van der Waals surface area contributed by atoms with Gasteiger partial charge in [-0.05, 0) is 37.5 Å². The lowest BCUT2D eigenvalue weighted by Gasteiger charge is -2.26. The fraction of sp³-hybridized carbons (Fsp3) is 0.381. The van der Waals surface area contributed by atoms with Crippen LogP contribution in [-0.4, -0.2) is 27.0 Å². The van der Waals surface area contributed by atoms with Crippen LogP contribution in [0, 0.1) is 28.4 Å². The molecule has 0 unspecified atom stereocenters. The van der Waals surface area contributed by atoms with E-state index in [1.807, 2.05) is 6.07 Å². The average Bonchev–Trinajstić information content (AvgIpc) is 2.73. The number of aromatic hydroxyl groups is 1. The molecule has 0 radical (unpaired) electrons. The first-order chi connectivity index (χ1) is 14.3. The number of hydrogen-bond acceptors (Lipinski definition) is 7. The Hall–Kier alpha value is -3.67. The first-order valence-corrected chi connectivity index (χ1v) is 9.63. The highest BCUT2D eigenvalue weighted by atomic mass is 16.6. The van der Waals surface area contributed by atoms with Crippen molar-refractivity contribution in [2.24, 2.45) is 0 Å². The molecule has 1 aromatic heterocycles. The van der Waals surface area contributed by atoms with Gasteiger partial charge in [-0.15, -0.1) is 0 Å². The maximum Gasteiger partial charge on any atom is 0.271 e. The van der Waals surface area contributed by atoms with E-state index >= 15 is 0 Å². The standard InChI is InChI=1S/C21H21N3O6/c1-13-17(11-22)20(26)23(14-5-3-2-4-6-14)21(27)19(13)18(25)12-30-16-9-7-15(8-10-16)24(28)29/h7-10,14,27H,2-6,12H2,1H3. The van der Waals surface area contributed by atoms with E-state index in [1.165, 1.54) is 35.8 Å². The molecule has 1 aliphatic carbocycles. The monoisotopic (exact) mass is 411 g/mol. The van der Waals surface area contributed by atoms with Crippen LogP contribution >= 0.6 is 0 Å². The summed E-state index contributed by atoms with van der Waals surface area (Å²) in [5, 5.41) is 31.0. The number of carbonyl (C=O) groups excluding carboxylic acids is 1. The molecule has 1 aromatic carbocycles. The molecule has 0 bridgehead atoms. The Kier molecular flexibility index (Phi) is 6.16. The highest BCUT2D eigenvalue weighted by Crippen LogP contribution is 2.33. The fourth-order valence-corrected chi connectivity index (χ4v) is 3.82. The van der Waals surface area contributed by atoms with E-state index in [1.54, 1.807) is 0 Å². The average molecular weight is 411 g/mol. The highest BCUT2D eigenvalue weighted by Gasteiger charge is 2.28. The minimum Gasteiger partial charge on any atom is -0.494 e. The fourth-order valence-electron chi connectivity index (χ4n) is 3.82. The number of hydrogen-bond donors (Lipinski definition) is 1. The predicted molar refractivity (Wildman–Crippen MR) is 107 cm³/mol. The van der Waals surface area contributed by atoms with Crippen molar-refractivity contribution < 1.29 is 19.6 Å². The number of pyridine rings is 1. The lowest BCUT2D eigenvalue weighted by Crippen LogP contribution is -2.31. The number of nitrogens with zero attached hydrogens (tertiary/aromatic N) is 3. The van der Waals surface area contributed by atoms with E-state index < -0.39 is 28.8 Å². The Morgan fingerprint density at radius 1 is 1.30 bits per heavy atom. The van der Waals surface area contributed by atoms with E-state index in [0.29, 0.717) is 12.8 Å². The third-order valence-electron chi connectivity index (χ3n) is 5.38. The molecule has 1 fully saturated rings. The molecule has 3 rings (SSSR count). The number of aromatic nitrogens is 1. The molecule has 0 atom stereocenters. The lowest BCUT2D eigenvalue weighted by atomic mass is 9.93. The molecular weight excluding hydrogens is 390 g/mol. The Labute approximate surface area is 172 Å². The summed E-state index contributed by atoms with van der Waals surface area (Å²) in [5.74, 6) is -0.794. The maximum atomic E-state index is 12.8. The first kappa shape index (κ1) is 21.0. The Morgan fingerprint density at radius 3 is 2.50 bits per heavy atom. The number of Topliss-reactive ketones (excluding diaryl/α,β-unsaturated/α-hetero) is 1. The molecule has 0 aliphatic heterocycles. The Balaban J connectivity index is 1.92. The van der Waals surface area contributed by atoms with Crippen LogP contribution in [0.4, 0.5) is 5.69 Å². The van der Waals surface area contributed by atoms with Gasteiger partial charge in [0.15, 0.2) is 6.61 Å². The zero-order chi connectivity index (χ0) is 21.8. The number of benzene rings is 1. The summed E-state index contributed by atoms with van der Waals surface area (Å²) >= 11 is 0. The largest absolute Gasteiger partial charge is 0.494 e. The molecule has 1 saturated carbocycles. The summed E-state index contributed by atoms with van der Waals surface area (Å²) in [6.45, 7) is 0.990. The van der Waals surface area contributed by atoms with Crippen LogP contribution < -0.4 is 10.3 Å². The maximum absolute atomic E-state index is 12.8. The second-order valence-corrected chi connectivity index (χ2v) is 7.24. The van der Waals surface area contributed by atoms with Gasteiger partial charge in [0.05, 0.1) is 10.5 Å². The van der Waals surface area contributed by atoms with E-state index in [2.05, 4.69) is 0 Å². The second kappa shape index (κ2) is 8.78. The van der Waals surface area contributed by atoms with E-state index in [0.717, 1.165) is 19.3 Å². The van der Waals surface area contributed by atoms with Gasteiger partial charge in [0.2, 0.25) is 11.7 Å². The molecule has 156 valence electrons. The zero-order valence-corrected chi connectivity index (χ0v) is 16.5. The van der Waals surface area contributed by atoms with Crippen molar-refractivity contribution in [3.63, 3.8) is 0 Å². The van der Waals surface area contributed by atoms with Crippen molar-refractivity contribution in [1.29, 1.82) is 5.26 Å². The van der Waals surface area contributed by atoms with Gasteiger partial charge in [-0.25, -0.2) is 0 Å². The predicted octanol–water partition coefficient (Wildman–Crippen LogP) is 3.41. The molecule has 1 aliphatic rings. The van der Waals surface area contributed by atoms with Gasteiger partial charge in [0.1, 0.15) is 17.4 Å². The van der Waals surface area contributed by atoms with Crippen LogP contribution in [0.1, 0.15) is 59.6 Å². The minimum atomic E-state index is -0.593. The van der Waals surface area contributed by atoms with Crippen LogP contribution in [0.2, 0.25) is 0 Å². The number of ether oxygens (including phenoxy) is 1. The number of carbonyl (C=O) groups is 1. The molecule has 2 aromatic rings. The van der Waals surface area contributed by atoms with Crippen LogP contribution in [0.3, 0.4) is 0 Å². The summed E-state index contributed by atoms with van der Waals surface area (Å²) < 4.78 is 6.57. The SMILES string of the molecule is Cc1c(C(=O)COc2ccc([N+](=O)[O-])cc2)c(O)n(C2CCCCC2)c(=O)c1C#N. The molecule has 9 nitrogen and oxygen atoms in total. The summed E-state index contributed by atoms with van der Waals surface area (Å²) in [4.78, 5) is 35.8. The summed E-state index contributed by atoms with van der Waals surface area (Å²) in [7, 11) is 0. The lowest BCUT2D eigenvalue weighted by molar-refractivity contribution is -0.384. The van der Waals surface area contributed by atoms with E-state index in [9.17, 15) is 30.1 Å². The summed E-state index contributed by atoms with van der Waals surface area (Å²) in [6, 6.07) is 6.82. The van der Waals surface area contributed by atoms with Crippen molar-refractivity contribution in [1.82, 2.24) is 4.57 Å². The molecule has 30 heavy (non-hydrogen) atoms. The molecular formula is C21H21N3O6. The number of nitriles is 1. The molecule has 1 heterocycles. The molecule has 1 N–H and O–H groups in total. The molecule has 0 saturated heterocycles. The van der Waals surface area contributed by atoms with Crippen molar-refractivity contribution in [2.45, 2.75) is 45.1 Å². The van der Waals surface area contributed by atoms with Gasteiger partial charge in [0.25, 0.3) is 11.2 Å². The van der Waals surface area contributed by atoms with Crippen molar-refractivity contribution >= 4 is 11.5 Å². The van der Waals surface area contributed by atoms with Gasteiger partial charge < -0.3 is 9.84 Å². The smallest absolute Gasteiger partial charge is 0.271 e. The van der Waals surface area contributed by atoms with E-state index in [4.69, 9.17) is 4.74 Å². The van der Waals surface area contributed by atoms with Crippen molar-refractivity contribution in [2.75, 3.05) is 6.61 Å². The molecule has 0 amide bonds. The van der Waals surface area contributed by atoms with Gasteiger partial charge in [0, 0.05) is 18.2 Å². The number of ketones is 1. The zero-order valence-electron chi connectivity index (χ0n) is 16.5. The Morgan fingerprint density at radius 2 is 1.93 bits per heavy atom. The summed E-state index contributed by atoms with van der Waals surface area (Å²) in [5.41, 5.74) is -0.868. The third-order valence-corrected chi connectivity index (χ3v) is 5.38. The van der Waals surface area contributed by atoms with Crippen LogP contribution in [-0.2, 0) is 0 Å². The van der Waals surface area contributed by atoms with Crippen LogP contribution in [0.5, 0.6) is 11.6 Å². The normalized spacial score (nSPS) is 14.1. The van der Waals surface area contributed by atoms with Gasteiger partial charge >= 0.3 is 0 Å². The molecule has 0 spiro atoms. The second-order valence-electron chi connectivity index (χ2n) is 7.24. The van der Waals surface area contributed by atoms with Gasteiger partial charge in [-0.2, -0.15) is 5.26 Å². The van der Waals surface area contributed by atoms with Crippen molar-refractivity contribution in [3.8, 4) is 17.7 Å². The number of non-ortho nitro benzene ring substituents is 1. The minimum absolute atomic E-state index is 0.111. The Bertz CT molecular complexity index is 1080. The number of nitro benzene ring substituents is 1. The topological polar surface area (TPSA) is 135 Å². The quantitative estimate of drug-likeness (QED) is 0.437. The third kappa shape index (κ3) is 4.03. The van der Waals surface area contributed by atoms with Gasteiger partial charge in [-0.1, -0.05) is 19.3 Å². The van der Waals surface area contributed by atoms with Crippen LogP contribution in [0.25, 0.3) is 0 Å². The number of nitro groups is 1. The van der Waals surface area contributed by atoms with Crippen molar-refractivity contribution in [3.05, 3.63) is 61.4 Å².